The summed E-state index contributed by atoms with van der Waals surface area (Å²) in [7, 11) is -0.562. The summed E-state index contributed by atoms with van der Waals surface area (Å²) >= 11 is 7.49. The second kappa shape index (κ2) is 17.2. The lowest BCUT2D eigenvalue weighted by Crippen LogP contribution is -2.71. The Morgan fingerprint density at radius 1 is 0.474 bits per heavy atom. The molecule has 0 saturated heterocycles. The maximum Gasteiger partial charge on any atom is 0.149 e. The van der Waals surface area contributed by atoms with E-state index in [0.717, 1.165) is 0 Å². The van der Waals surface area contributed by atoms with Gasteiger partial charge in [-0.15, -0.1) is 19.1 Å². The summed E-state index contributed by atoms with van der Waals surface area (Å²) in [4.78, 5) is 0. The Morgan fingerprint density at radius 3 is 0.921 bits per heavy atom. The van der Waals surface area contributed by atoms with Crippen LogP contribution in [0.1, 0.15) is 79.1 Å². The second-order valence-electron chi connectivity index (χ2n) is 10.6. The zero-order valence-electron chi connectivity index (χ0n) is 24.1. The van der Waals surface area contributed by atoms with Crippen molar-refractivity contribution in [3.8, 4) is 0 Å². The molecule has 0 N–H and O–H groups in total. The lowest BCUT2D eigenvalue weighted by Gasteiger charge is -2.38. The van der Waals surface area contributed by atoms with Gasteiger partial charge in [-0.05, 0) is 47.2 Å². The largest absolute Gasteiger partial charge is 0.190 e. The molecule has 0 atom stereocenters. The van der Waals surface area contributed by atoms with E-state index in [-0.39, 0.29) is 0 Å². The highest BCUT2D eigenvalue weighted by Crippen LogP contribution is 2.61. The van der Waals surface area contributed by atoms with E-state index in [9.17, 15) is 0 Å². The first-order valence-corrected chi connectivity index (χ1v) is 20.9. The van der Waals surface area contributed by atoms with Crippen molar-refractivity contribution in [2.75, 3.05) is 24.6 Å². The Balaban J connectivity index is 0.000000217. The monoisotopic (exact) mass is 602 g/mol. The van der Waals surface area contributed by atoms with E-state index in [1.54, 1.807) is 24.6 Å². The molecule has 4 heterocycles. The zero-order valence-corrected chi connectivity index (χ0v) is 28.2. The van der Waals surface area contributed by atoms with Gasteiger partial charge in [-0.3, -0.25) is 0 Å². The van der Waals surface area contributed by atoms with E-state index in [1.165, 1.54) is 70.5 Å². The molecular formula is C32H48BPS4. The van der Waals surface area contributed by atoms with E-state index in [4.69, 9.17) is 0 Å². The molecule has 4 aromatic rings. The Morgan fingerprint density at radius 2 is 0.737 bits per heavy atom. The van der Waals surface area contributed by atoms with Gasteiger partial charge < -0.3 is 0 Å². The van der Waals surface area contributed by atoms with Crippen molar-refractivity contribution in [2.45, 2.75) is 79.1 Å². The molecule has 4 rings (SSSR count). The van der Waals surface area contributed by atoms with Crippen molar-refractivity contribution in [1.29, 1.82) is 0 Å². The van der Waals surface area contributed by atoms with Gasteiger partial charge in [-0.2, -0.15) is 45.3 Å². The lowest BCUT2D eigenvalue weighted by molar-refractivity contribution is 0.814. The second-order valence-corrected chi connectivity index (χ2v) is 19.0. The van der Waals surface area contributed by atoms with Crippen molar-refractivity contribution in [3.05, 3.63) is 70.1 Å². The quantitative estimate of drug-likeness (QED) is 0.0885. The molecule has 6 heteroatoms. The van der Waals surface area contributed by atoms with Crippen LogP contribution >= 0.6 is 52.6 Å². The first kappa shape index (κ1) is 31.8. The van der Waals surface area contributed by atoms with Gasteiger partial charge >= 0.3 is 0 Å². The van der Waals surface area contributed by atoms with Crippen molar-refractivity contribution in [3.63, 3.8) is 0 Å². The molecule has 0 aliphatic rings. The fraction of sp³-hybridized carbons (Fsp3) is 0.500. The molecule has 208 valence electrons. The molecule has 0 radical (unpaired) electrons. The third-order valence-corrected chi connectivity index (χ3v) is 17.1. The number of hydrogen-bond donors (Lipinski definition) is 0. The molecular weight excluding hydrogens is 554 g/mol. The molecule has 0 spiro atoms. The van der Waals surface area contributed by atoms with E-state index >= 15 is 0 Å². The highest BCUT2D eigenvalue weighted by Gasteiger charge is 2.36. The topological polar surface area (TPSA) is 0 Å². The summed E-state index contributed by atoms with van der Waals surface area (Å²) in [6, 6.07) is 17.9. The molecule has 0 amide bonds. The van der Waals surface area contributed by atoms with Gasteiger partial charge in [0.2, 0.25) is 0 Å². The zero-order chi connectivity index (χ0) is 27.1. The Labute approximate surface area is 250 Å². The van der Waals surface area contributed by atoms with Crippen LogP contribution in [0.15, 0.2) is 70.1 Å². The van der Waals surface area contributed by atoms with E-state index in [0.29, 0.717) is 0 Å². The predicted molar refractivity (Wildman–Crippen MR) is 188 cm³/mol. The fourth-order valence-electron chi connectivity index (χ4n) is 5.64. The van der Waals surface area contributed by atoms with Gasteiger partial charge in [0.1, 0.15) is 6.15 Å². The van der Waals surface area contributed by atoms with Crippen LogP contribution in [0.2, 0.25) is 0 Å². The molecule has 0 aromatic carbocycles. The SMILES string of the molecule is CCCC[P+](CCCC)(CCCC)CCCC.c1csc([B-](c2cccs2)(c2cccs2)c2cccs2)c1. The highest BCUT2D eigenvalue weighted by molar-refractivity contribution is 7.75. The van der Waals surface area contributed by atoms with E-state index < -0.39 is 13.4 Å². The van der Waals surface area contributed by atoms with Crippen LogP contribution in [-0.2, 0) is 0 Å². The van der Waals surface area contributed by atoms with Crippen LogP contribution in [0.5, 0.6) is 0 Å². The summed E-state index contributed by atoms with van der Waals surface area (Å²) in [5.74, 6) is 0. The van der Waals surface area contributed by atoms with E-state index in [2.05, 4.69) is 97.7 Å². The summed E-state index contributed by atoms with van der Waals surface area (Å²) in [6.45, 7) is 9.42. The molecule has 4 aromatic heterocycles. The molecule has 0 aliphatic heterocycles. The molecule has 0 saturated carbocycles. The standard InChI is InChI=1S/C16H12BS4.C16H36P/c1-5-13(18-9-1)17(14-6-2-10-19-14,15-7-3-11-20-15)16-8-4-12-21-16;1-5-9-13-17(14-10-6-2,15-11-7-3)16-12-8-4/h1-12H;5-16H2,1-4H3/q-1;+1. The number of unbranched alkanes of at least 4 members (excludes halogenated alkanes) is 4. The average molecular weight is 603 g/mol. The first-order valence-electron chi connectivity index (χ1n) is 14.8. The summed E-state index contributed by atoms with van der Waals surface area (Å²) in [6.07, 6.45) is 17.0. The van der Waals surface area contributed by atoms with Crippen LogP contribution in [0.3, 0.4) is 0 Å². The lowest BCUT2D eigenvalue weighted by atomic mass is 9.22. The number of thiophene rings is 4. The molecule has 0 bridgehead atoms. The minimum atomic E-state index is -0.981. The average Bonchev–Trinajstić information content (AvgIpc) is 3.78. The van der Waals surface area contributed by atoms with Crippen LogP contribution in [0.25, 0.3) is 0 Å². The minimum absolute atomic E-state index is 0.562. The molecule has 0 unspecified atom stereocenters. The first-order chi connectivity index (χ1) is 18.7. The molecule has 0 aliphatic carbocycles. The van der Waals surface area contributed by atoms with Crippen LogP contribution < -0.4 is 19.1 Å². The predicted octanol–water partition coefficient (Wildman–Crippen LogP) is 9.51. The van der Waals surface area contributed by atoms with Crippen molar-refractivity contribution < 1.29 is 0 Å². The fourth-order valence-corrected chi connectivity index (χ4v) is 15.6. The highest BCUT2D eigenvalue weighted by atomic mass is 32.1. The normalized spacial score (nSPS) is 11.9. The molecule has 0 nitrogen and oxygen atoms in total. The Bertz CT molecular complexity index is 889. The number of hydrogen-bond acceptors (Lipinski definition) is 4. The van der Waals surface area contributed by atoms with E-state index in [1.807, 2.05) is 45.3 Å². The summed E-state index contributed by atoms with van der Waals surface area (Å²) in [5, 5.41) is 8.78. The number of rotatable bonds is 16. The van der Waals surface area contributed by atoms with Gasteiger partial charge in [-0.1, -0.05) is 102 Å². The third kappa shape index (κ3) is 8.17. The van der Waals surface area contributed by atoms with Crippen LogP contribution in [-0.4, -0.2) is 30.8 Å². The van der Waals surface area contributed by atoms with Gasteiger partial charge in [0, 0.05) is 7.26 Å². The van der Waals surface area contributed by atoms with Crippen molar-refractivity contribution in [1.82, 2.24) is 0 Å². The Kier molecular flexibility index (Phi) is 14.4. The van der Waals surface area contributed by atoms with Crippen LogP contribution in [0, 0.1) is 0 Å². The van der Waals surface area contributed by atoms with Gasteiger partial charge in [0.05, 0.1) is 24.6 Å². The molecule has 0 fully saturated rings. The molecule has 38 heavy (non-hydrogen) atoms. The van der Waals surface area contributed by atoms with Gasteiger partial charge in [0.15, 0.2) is 0 Å². The van der Waals surface area contributed by atoms with Crippen molar-refractivity contribution in [2.24, 2.45) is 0 Å². The smallest absolute Gasteiger partial charge is 0.149 e. The van der Waals surface area contributed by atoms with Crippen LogP contribution in [0.4, 0.5) is 0 Å². The van der Waals surface area contributed by atoms with Gasteiger partial charge in [-0.25, -0.2) is 0 Å². The van der Waals surface area contributed by atoms with Crippen molar-refractivity contribution >= 4 is 77.9 Å². The maximum absolute atomic E-state index is 2.36. The minimum Gasteiger partial charge on any atom is -0.190 e. The Hall–Kier alpha value is -0.705. The van der Waals surface area contributed by atoms with Gasteiger partial charge in [0.25, 0.3) is 0 Å². The summed E-state index contributed by atoms with van der Waals surface area (Å²) < 4.78 is 5.84. The maximum atomic E-state index is 2.36. The third-order valence-electron chi connectivity index (χ3n) is 7.82. The summed E-state index contributed by atoms with van der Waals surface area (Å²) in [5.41, 5.74) is 0.